The molecule has 1 heterocycles. The summed E-state index contributed by atoms with van der Waals surface area (Å²) >= 11 is 3.43. The van der Waals surface area contributed by atoms with Gasteiger partial charge in [-0.1, -0.05) is 34.5 Å². The van der Waals surface area contributed by atoms with Crippen LogP contribution in [0.3, 0.4) is 0 Å². The van der Waals surface area contributed by atoms with Crippen LogP contribution in [0.15, 0.2) is 28.7 Å². The lowest BCUT2D eigenvalue weighted by Gasteiger charge is -2.25. The smallest absolute Gasteiger partial charge is 0.0802 e. The molecule has 3 atom stereocenters. The van der Waals surface area contributed by atoms with Gasteiger partial charge in [0.05, 0.1) is 6.10 Å². The number of fused-ring (bicyclic) bond motifs is 2. The fourth-order valence-electron chi connectivity index (χ4n) is 3.79. The van der Waals surface area contributed by atoms with Gasteiger partial charge in [-0.15, -0.1) is 0 Å². The molecule has 20 heavy (non-hydrogen) atoms. The van der Waals surface area contributed by atoms with Crippen molar-refractivity contribution in [2.24, 2.45) is 11.8 Å². The van der Waals surface area contributed by atoms with Gasteiger partial charge in [0.15, 0.2) is 0 Å². The molecule has 3 heteroatoms. The number of aliphatic hydroxyl groups excluding tert-OH is 1. The second-order valence-electron chi connectivity index (χ2n) is 6.49. The maximum absolute atomic E-state index is 10.3. The van der Waals surface area contributed by atoms with E-state index < -0.39 is 0 Å². The number of likely N-dealkylation sites (tertiary alicyclic amines) is 1. The molecule has 0 radical (unpaired) electrons. The zero-order chi connectivity index (χ0) is 13.9. The van der Waals surface area contributed by atoms with Crippen LogP contribution in [0.4, 0.5) is 0 Å². The van der Waals surface area contributed by atoms with E-state index in [1.54, 1.807) is 0 Å². The van der Waals surface area contributed by atoms with Gasteiger partial charge in [-0.05, 0) is 61.8 Å². The van der Waals surface area contributed by atoms with Crippen LogP contribution in [0.1, 0.15) is 43.8 Å². The number of rotatable bonds is 4. The maximum Gasteiger partial charge on any atom is 0.0802 e. The number of aliphatic hydroxyl groups is 1. The first-order valence-corrected chi connectivity index (χ1v) is 8.66. The van der Waals surface area contributed by atoms with Gasteiger partial charge in [-0.25, -0.2) is 0 Å². The highest BCUT2D eigenvalue weighted by Crippen LogP contribution is 2.36. The summed E-state index contributed by atoms with van der Waals surface area (Å²) in [5.74, 6) is 1.91. The van der Waals surface area contributed by atoms with Crippen molar-refractivity contribution in [3.63, 3.8) is 0 Å². The minimum Gasteiger partial charge on any atom is -0.388 e. The van der Waals surface area contributed by atoms with E-state index in [4.69, 9.17) is 0 Å². The minimum atomic E-state index is -0.330. The third kappa shape index (κ3) is 3.63. The van der Waals surface area contributed by atoms with Crippen LogP contribution in [-0.2, 0) is 0 Å². The standard InChI is InChI=1S/C17H24BrNO/c18-16-5-3-15(4-6-16)17(20)8-10-19-9-7-13-1-2-14(11-13)12-19/h3-6,13-14,17,20H,1-2,7-12H2/t13-,14-,17-/m0/s1. The summed E-state index contributed by atoms with van der Waals surface area (Å²) in [5, 5.41) is 10.3. The van der Waals surface area contributed by atoms with Gasteiger partial charge in [-0.2, -0.15) is 0 Å². The molecule has 3 rings (SSSR count). The Bertz CT molecular complexity index is 433. The number of nitrogens with zero attached hydrogens (tertiary/aromatic N) is 1. The summed E-state index contributed by atoms with van der Waals surface area (Å²) < 4.78 is 1.07. The quantitative estimate of drug-likeness (QED) is 0.897. The van der Waals surface area contributed by atoms with Gasteiger partial charge in [0, 0.05) is 17.6 Å². The predicted molar refractivity (Wildman–Crippen MR) is 85.6 cm³/mol. The van der Waals surface area contributed by atoms with Crippen molar-refractivity contribution in [1.29, 1.82) is 0 Å². The lowest BCUT2D eigenvalue weighted by Crippen LogP contribution is -2.30. The Morgan fingerprint density at radius 3 is 2.70 bits per heavy atom. The molecule has 1 aromatic rings. The van der Waals surface area contributed by atoms with Crippen LogP contribution in [0.2, 0.25) is 0 Å². The number of hydrogen-bond donors (Lipinski definition) is 1. The summed E-state index contributed by atoms with van der Waals surface area (Å²) in [4.78, 5) is 2.58. The van der Waals surface area contributed by atoms with Gasteiger partial charge in [0.25, 0.3) is 0 Å². The van der Waals surface area contributed by atoms with Crippen molar-refractivity contribution in [1.82, 2.24) is 4.90 Å². The molecule has 1 saturated carbocycles. The van der Waals surface area contributed by atoms with Crippen LogP contribution in [0, 0.1) is 11.8 Å². The van der Waals surface area contributed by atoms with Gasteiger partial charge < -0.3 is 10.0 Å². The zero-order valence-electron chi connectivity index (χ0n) is 12.0. The third-order valence-corrected chi connectivity index (χ3v) is 5.52. The Morgan fingerprint density at radius 2 is 1.90 bits per heavy atom. The molecular formula is C17H24BrNO. The van der Waals surface area contributed by atoms with Crippen LogP contribution in [0.5, 0.6) is 0 Å². The van der Waals surface area contributed by atoms with Gasteiger partial charge in [-0.3, -0.25) is 0 Å². The van der Waals surface area contributed by atoms with E-state index in [1.165, 1.54) is 38.8 Å². The number of halogens is 1. The minimum absolute atomic E-state index is 0.330. The fourth-order valence-corrected chi connectivity index (χ4v) is 4.05. The maximum atomic E-state index is 10.3. The van der Waals surface area contributed by atoms with Gasteiger partial charge in [0.2, 0.25) is 0 Å². The summed E-state index contributed by atoms with van der Waals surface area (Å²) in [7, 11) is 0. The van der Waals surface area contributed by atoms with Crippen molar-refractivity contribution in [2.45, 2.75) is 38.2 Å². The van der Waals surface area contributed by atoms with E-state index in [0.29, 0.717) is 0 Å². The van der Waals surface area contributed by atoms with E-state index in [0.717, 1.165) is 34.8 Å². The average Bonchev–Trinajstić information content (AvgIpc) is 2.78. The molecule has 1 aromatic carbocycles. The fraction of sp³-hybridized carbons (Fsp3) is 0.647. The average molecular weight is 338 g/mol. The highest BCUT2D eigenvalue weighted by atomic mass is 79.9. The molecule has 110 valence electrons. The molecule has 0 unspecified atom stereocenters. The molecular weight excluding hydrogens is 314 g/mol. The Balaban J connectivity index is 1.50. The molecule has 2 bridgehead atoms. The summed E-state index contributed by atoms with van der Waals surface area (Å²) in [6, 6.07) is 8.03. The Hall–Kier alpha value is -0.380. The van der Waals surface area contributed by atoms with Crippen LogP contribution in [0.25, 0.3) is 0 Å². The van der Waals surface area contributed by atoms with E-state index >= 15 is 0 Å². The second-order valence-corrected chi connectivity index (χ2v) is 7.41. The Kier molecular flexibility index (Phi) is 4.79. The molecule has 0 amide bonds. The first-order valence-electron chi connectivity index (χ1n) is 7.86. The molecule has 1 saturated heterocycles. The van der Waals surface area contributed by atoms with Crippen molar-refractivity contribution in [2.75, 3.05) is 19.6 Å². The van der Waals surface area contributed by atoms with Crippen molar-refractivity contribution >= 4 is 15.9 Å². The molecule has 2 nitrogen and oxygen atoms in total. The van der Waals surface area contributed by atoms with Gasteiger partial charge in [0.1, 0.15) is 0 Å². The normalized spacial score (nSPS) is 28.3. The number of benzene rings is 1. The van der Waals surface area contributed by atoms with E-state index in [2.05, 4.69) is 20.8 Å². The largest absolute Gasteiger partial charge is 0.388 e. The Labute approximate surface area is 130 Å². The molecule has 2 fully saturated rings. The number of hydrogen-bond acceptors (Lipinski definition) is 2. The topological polar surface area (TPSA) is 23.5 Å². The van der Waals surface area contributed by atoms with Crippen molar-refractivity contribution in [3.05, 3.63) is 34.3 Å². The monoisotopic (exact) mass is 337 g/mol. The molecule has 1 aliphatic heterocycles. The lowest BCUT2D eigenvalue weighted by atomic mass is 10.0. The third-order valence-electron chi connectivity index (χ3n) is 4.99. The van der Waals surface area contributed by atoms with Crippen molar-refractivity contribution < 1.29 is 5.11 Å². The first-order chi connectivity index (χ1) is 9.70. The molecule has 0 aromatic heterocycles. The van der Waals surface area contributed by atoms with Crippen LogP contribution >= 0.6 is 15.9 Å². The highest BCUT2D eigenvalue weighted by molar-refractivity contribution is 9.10. The van der Waals surface area contributed by atoms with Crippen LogP contribution in [-0.4, -0.2) is 29.6 Å². The second kappa shape index (κ2) is 6.59. The highest BCUT2D eigenvalue weighted by Gasteiger charge is 2.29. The SMILES string of the molecule is O[C@@H](CCN1CC[C@@H]2CC[C@@H](C2)C1)c1ccc(Br)cc1. The van der Waals surface area contributed by atoms with Crippen molar-refractivity contribution in [3.8, 4) is 0 Å². The van der Waals surface area contributed by atoms with E-state index in [9.17, 15) is 5.11 Å². The summed E-state index contributed by atoms with van der Waals surface area (Å²) in [5.41, 5.74) is 1.03. The predicted octanol–water partition coefficient (Wildman–Crippen LogP) is 3.99. The first kappa shape index (κ1) is 14.6. The summed E-state index contributed by atoms with van der Waals surface area (Å²) in [6.45, 7) is 3.51. The molecule has 1 N–H and O–H groups in total. The van der Waals surface area contributed by atoms with E-state index in [1.807, 2.05) is 24.3 Å². The van der Waals surface area contributed by atoms with Gasteiger partial charge >= 0.3 is 0 Å². The van der Waals surface area contributed by atoms with Crippen LogP contribution < -0.4 is 0 Å². The zero-order valence-corrected chi connectivity index (χ0v) is 13.6. The Morgan fingerprint density at radius 1 is 1.15 bits per heavy atom. The molecule has 1 aliphatic carbocycles. The molecule has 2 aliphatic rings. The lowest BCUT2D eigenvalue weighted by molar-refractivity contribution is 0.136. The summed E-state index contributed by atoms with van der Waals surface area (Å²) in [6.07, 6.45) is 6.22. The van der Waals surface area contributed by atoms with E-state index in [-0.39, 0.29) is 6.10 Å². The molecule has 0 spiro atoms.